The van der Waals surface area contributed by atoms with Crippen LogP contribution in [0.4, 0.5) is 0 Å². The van der Waals surface area contributed by atoms with Crippen LogP contribution in [0.2, 0.25) is 0 Å². The lowest BCUT2D eigenvalue weighted by molar-refractivity contribution is 0.101. The number of rotatable bonds is 2. The molecule has 2 aliphatic rings. The fourth-order valence-corrected chi connectivity index (χ4v) is 3.67. The van der Waals surface area contributed by atoms with E-state index in [4.69, 9.17) is 4.74 Å². The molecule has 0 N–H and O–H groups in total. The number of likely N-dealkylation sites (N-methyl/N-ethyl adjacent to an activating group) is 1. The van der Waals surface area contributed by atoms with E-state index >= 15 is 0 Å². The summed E-state index contributed by atoms with van der Waals surface area (Å²) in [5, 5.41) is 0. The number of ether oxygens (including phenoxy) is 1. The predicted octanol–water partition coefficient (Wildman–Crippen LogP) is 2.49. The summed E-state index contributed by atoms with van der Waals surface area (Å²) in [4.78, 5) is 5.02. The van der Waals surface area contributed by atoms with E-state index in [1.807, 2.05) is 6.92 Å². The summed E-state index contributed by atoms with van der Waals surface area (Å²) in [6, 6.07) is 5.14. The molecular formula is C14H19IN2O. The Morgan fingerprint density at radius 1 is 1.39 bits per heavy atom. The normalized spacial score (nSPS) is 23.8. The standard InChI is InChI=1S/C14H19IN2O/c1-3-18-14-7-11-10(6-12(14)15)8-17-5-4-16(2)9-13(11)17/h6-7,13H,3-5,8-9H2,1-2H3. The van der Waals surface area contributed by atoms with Crippen molar-refractivity contribution in [3.8, 4) is 5.75 Å². The SMILES string of the molecule is CCOc1cc2c(cc1I)CN1CCN(C)CC21. The van der Waals surface area contributed by atoms with Gasteiger partial charge in [0.05, 0.1) is 10.2 Å². The maximum absolute atomic E-state index is 5.73. The molecule has 0 saturated carbocycles. The van der Waals surface area contributed by atoms with Gasteiger partial charge in [-0.3, -0.25) is 4.90 Å². The van der Waals surface area contributed by atoms with Crippen LogP contribution in [0.1, 0.15) is 24.1 Å². The zero-order chi connectivity index (χ0) is 12.7. The maximum Gasteiger partial charge on any atom is 0.132 e. The number of hydrogen-bond donors (Lipinski definition) is 0. The average Bonchev–Trinajstić information content (AvgIpc) is 2.67. The van der Waals surface area contributed by atoms with Crippen molar-refractivity contribution < 1.29 is 4.74 Å². The molecule has 2 aliphatic heterocycles. The second-order valence-electron chi connectivity index (χ2n) is 5.16. The number of piperazine rings is 1. The van der Waals surface area contributed by atoms with Gasteiger partial charge >= 0.3 is 0 Å². The van der Waals surface area contributed by atoms with Crippen LogP contribution in [0, 0.1) is 3.57 Å². The molecule has 4 heteroatoms. The zero-order valence-electron chi connectivity index (χ0n) is 10.9. The first-order valence-electron chi connectivity index (χ1n) is 6.56. The quantitative estimate of drug-likeness (QED) is 0.756. The first kappa shape index (κ1) is 12.7. The summed E-state index contributed by atoms with van der Waals surface area (Å²) >= 11 is 2.38. The fraction of sp³-hybridized carbons (Fsp3) is 0.571. The molecule has 0 radical (unpaired) electrons. The second kappa shape index (κ2) is 4.98. The van der Waals surface area contributed by atoms with Gasteiger partial charge in [0.1, 0.15) is 5.75 Å². The van der Waals surface area contributed by atoms with Crippen LogP contribution in [-0.2, 0) is 6.54 Å². The van der Waals surface area contributed by atoms with E-state index in [9.17, 15) is 0 Å². The van der Waals surface area contributed by atoms with E-state index in [2.05, 4.69) is 51.6 Å². The molecule has 0 aromatic heterocycles. The topological polar surface area (TPSA) is 15.7 Å². The summed E-state index contributed by atoms with van der Waals surface area (Å²) in [7, 11) is 2.21. The number of nitrogens with zero attached hydrogens (tertiary/aromatic N) is 2. The van der Waals surface area contributed by atoms with Gasteiger partial charge in [0.15, 0.2) is 0 Å². The van der Waals surface area contributed by atoms with Crippen molar-refractivity contribution >= 4 is 22.6 Å². The van der Waals surface area contributed by atoms with Gasteiger partial charge in [-0.05, 0) is 59.8 Å². The van der Waals surface area contributed by atoms with Crippen LogP contribution in [0.3, 0.4) is 0 Å². The van der Waals surface area contributed by atoms with Crippen LogP contribution in [0.25, 0.3) is 0 Å². The van der Waals surface area contributed by atoms with Crippen LogP contribution in [0.5, 0.6) is 5.75 Å². The van der Waals surface area contributed by atoms with Crippen molar-refractivity contribution in [3.63, 3.8) is 0 Å². The van der Waals surface area contributed by atoms with E-state index in [-0.39, 0.29) is 0 Å². The van der Waals surface area contributed by atoms with E-state index in [1.165, 1.54) is 27.8 Å². The second-order valence-corrected chi connectivity index (χ2v) is 6.33. The summed E-state index contributed by atoms with van der Waals surface area (Å²) in [6.07, 6.45) is 0. The number of hydrogen-bond acceptors (Lipinski definition) is 3. The first-order chi connectivity index (χ1) is 8.69. The van der Waals surface area contributed by atoms with Crippen LogP contribution in [0.15, 0.2) is 12.1 Å². The van der Waals surface area contributed by atoms with E-state index in [0.29, 0.717) is 6.04 Å². The molecule has 1 aromatic carbocycles. The minimum Gasteiger partial charge on any atom is -0.493 e. The molecule has 1 aromatic rings. The lowest BCUT2D eigenvalue weighted by Crippen LogP contribution is -2.43. The molecule has 1 unspecified atom stereocenters. The lowest BCUT2D eigenvalue weighted by atomic mass is 10.0. The van der Waals surface area contributed by atoms with Crippen LogP contribution >= 0.6 is 22.6 Å². The Balaban J connectivity index is 1.95. The van der Waals surface area contributed by atoms with Gasteiger partial charge in [0, 0.05) is 32.2 Å². The molecule has 2 heterocycles. The highest BCUT2D eigenvalue weighted by Gasteiger charge is 2.34. The van der Waals surface area contributed by atoms with Crippen LogP contribution < -0.4 is 4.74 Å². The molecule has 0 amide bonds. The minimum absolute atomic E-state index is 0.565. The van der Waals surface area contributed by atoms with Crippen molar-refractivity contribution in [1.82, 2.24) is 9.80 Å². The molecule has 1 saturated heterocycles. The maximum atomic E-state index is 5.73. The summed E-state index contributed by atoms with van der Waals surface area (Å²) < 4.78 is 6.97. The Morgan fingerprint density at radius 3 is 3.00 bits per heavy atom. The summed E-state index contributed by atoms with van der Waals surface area (Å²) in [5.74, 6) is 1.05. The summed E-state index contributed by atoms with van der Waals surface area (Å²) in [6.45, 7) is 7.39. The third-order valence-electron chi connectivity index (χ3n) is 3.92. The highest BCUT2D eigenvalue weighted by Crippen LogP contribution is 2.39. The van der Waals surface area contributed by atoms with Crippen molar-refractivity contribution in [1.29, 1.82) is 0 Å². The van der Waals surface area contributed by atoms with Crippen molar-refractivity contribution in [2.24, 2.45) is 0 Å². The van der Waals surface area contributed by atoms with Crippen molar-refractivity contribution in [2.75, 3.05) is 33.3 Å². The van der Waals surface area contributed by atoms with Gasteiger partial charge in [-0.25, -0.2) is 0 Å². The number of fused-ring (bicyclic) bond motifs is 3. The molecule has 0 aliphatic carbocycles. The Labute approximate surface area is 122 Å². The van der Waals surface area contributed by atoms with Crippen LogP contribution in [-0.4, -0.2) is 43.1 Å². The van der Waals surface area contributed by atoms with Gasteiger partial charge in [-0.1, -0.05) is 0 Å². The highest BCUT2D eigenvalue weighted by molar-refractivity contribution is 14.1. The van der Waals surface area contributed by atoms with Gasteiger partial charge in [0.2, 0.25) is 0 Å². The van der Waals surface area contributed by atoms with Crippen molar-refractivity contribution in [2.45, 2.75) is 19.5 Å². The molecule has 3 nitrogen and oxygen atoms in total. The highest BCUT2D eigenvalue weighted by atomic mass is 127. The Bertz CT molecular complexity index is 463. The van der Waals surface area contributed by atoms with Crippen molar-refractivity contribution in [3.05, 3.63) is 26.8 Å². The van der Waals surface area contributed by atoms with Gasteiger partial charge in [0.25, 0.3) is 0 Å². The zero-order valence-corrected chi connectivity index (χ0v) is 13.1. The Hall–Kier alpha value is -0.330. The van der Waals surface area contributed by atoms with Gasteiger partial charge in [-0.2, -0.15) is 0 Å². The van der Waals surface area contributed by atoms with Gasteiger partial charge in [-0.15, -0.1) is 0 Å². The monoisotopic (exact) mass is 358 g/mol. The fourth-order valence-electron chi connectivity index (χ4n) is 2.98. The molecule has 1 fully saturated rings. The predicted molar refractivity (Wildman–Crippen MR) is 81.0 cm³/mol. The third kappa shape index (κ3) is 2.14. The number of halogens is 1. The average molecular weight is 358 g/mol. The largest absolute Gasteiger partial charge is 0.493 e. The third-order valence-corrected chi connectivity index (χ3v) is 4.76. The molecule has 98 valence electrons. The minimum atomic E-state index is 0.565. The van der Waals surface area contributed by atoms with E-state index in [1.54, 1.807) is 0 Å². The Morgan fingerprint density at radius 2 is 2.22 bits per heavy atom. The smallest absolute Gasteiger partial charge is 0.132 e. The first-order valence-corrected chi connectivity index (χ1v) is 7.64. The molecule has 0 bridgehead atoms. The molecule has 3 rings (SSSR count). The molecule has 18 heavy (non-hydrogen) atoms. The van der Waals surface area contributed by atoms with E-state index in [0.717, 1.165) is 25.4 Å². The van der Waals surface area contributed by atoms with Gasteiger partial charge < -0.3 is 9.64 Å². The molecular weight excluding hydrogens is 339 g/mol. The number of benzene rings is 1. The molecule has 1 atom stereocenters. The molecule has 0 spiro atoms. The summed E-state index contributed by atoms with van der Waals surface area (Å²) in [5.41, 5.74) is 2.97. The Kier molecular flexibility index (Phi) is 3.51. The van der Waals surface area contributed by atoms with E-state index < -0.39 is 0 Å². The lowest BCUT2D eigenvalue weighted by Gasteiger charge is -2.35.